The number of hydrogen-bond donors (Lipinski definition) is 0. The third-order valence-electron chi connectivity index (χ3n) is 4.93. The molecular formula is C20H18F2N2O3S2. The summed E-state index contributed by atoms with van der Waals surface area (Å²) >= 11 is 1.30. The number of sulfone groups is 1. The van der Waals surface area contributed by atoms with Crippen molar-refractivity contribution in [3.8, 4) is 0 Å². The molecule has 29 heavy (non-hydrogen) atoms. The summed E-state index contributed by atoms with van der Waals surface area (Å²) in [6, 6.07) is 11.3. The molecule has 2 heterocycles. The molecule has 2 aromatic carbocycles. The van der Waals surface area contributed by atoms with Crippen molar-refractivity contribution in [3.63, 3.8) is 0 Å². The SMILES string of the molecule is O=C(Cc1ccc(F)cc1)N=C1S[C@H]2CS(=O)(=O)C[C@@H]2N1Cc1ccc(F)cc1. The van der Waals surface area contributed by atoms with E-state index in [-0.39, 0.29) is 46.8 Å². The summed E-state index contributed by atoms with van der Waals surface area (Å²) < 4.78 is 50.4. The standard InChI is InChI=1S/C20H18F2N2O3S2/c21-15-5-1-13(2-6-15)9-19(25)23-20-24(10-14-3-7-16(22)8-4-14)17-11-29(26,27)12-18(17)28-20/h1-8,17-18H,9-12H2/t17-,18-/m0/s1. The van der Waals surface area contributed by atoms with E-state index < -0.39 is 9.84 Å². The van der Waals surface area contributed by atoms with Gasteiger partial charge in [0.25, 0.3) is 5.91 Å². The second-order valence-electron chi connectivity index (χ2n) is 7.15. The molecule has 2 fully saturated rings. The van der Waals surface area contributed by atoms with Crippen molar-refractivity contribution in [1.29, 1.82) is 0 Å². The predicted octanol–water partition coefficient (Wildman–Crippen LogP) is 2.80. The van der Waals surface area contributed by atoms with Gasteiger partial charge in [0.15, 0.2) is 15.0 Å². The van der Waals surface area contributed by atoms with Gasteiger partial charge in [-0.05, 0) is 35.4 Å². The van der Waals surface area contributed by atoms with Crippen LogP contribution in [0.3, 0.4) is 0 Å². The Morgan fingerprint density at radius 1 is 1.00 bits per heavy atom. The van der Waals surface area contributed by atoms with Gasteiger partial charge in [-0.2, -0.15) is 4.99 Å². The molecule has 4 rings (SSSR count). The highest BCUT2D eigenvalue weighted by Gasteiger charge is 2.48. The second-order valence-corrected chi connectivity index (χ2v) is 10.5. The Bertz CT molecular complexity index is 1050. The largest absolute Gasteiger partial charge is 0.342 e. The minimum Gasteiger partial charge on any atom is -0.342 e. The maximum absolute atomic E-state index is 13.2. The highest BCUT2D eigenvalue weighted by molar-refractivity contribution is 8.15. The summed E-state index contributed by atoms with van der Waals surface area (Å²) in [5.41, 5.74) is 1.45. The Kier molecular flexibility index (Phi) is 5.44. The lowest BCUT2D eigenvalue weighted by molar-refractivity contribution is -0.117. The number of benzene rings is 2. The zero-order chi connectivity index (χ0) is 20.6. The second kappa shape index (κ2) is 7.87. The summed E-state index contributed by atoms with van der Waals surface area (Å²) in [7, 11) is -3.14. The maximum Gasteiger partial charge on any atom is 0.252 e. The minimum absolute atomic E-state index is 0.0109. The lowest BCUT2D eigenvalue weighted by Gasteiger charge is -2.24. The Labute approximate surface area is 171 Å². The van der Waals surface area contributed by atoms with Crippen LogP contribution in [0.1, 0.15) is 11.1 Å². The van der Waals surface area contributed by atoms with Crippen LogP contribution in [0.15, 0.2) is 53.5 Å². The zero-order valence-corrected chi connectivity index (χ0v) is 16.9. The predicted molar refractivity (Wildman–Crippen MR) is 108 cm³/mol. The van der Waals surface area contributed by atoms with Gasteiger partial charge in [0.05, 0.1) is 24.0 Å². The first-order valence-corrected chi connectivity index (χ1v) is 11.7. The smallest absolute Gasteiger partial charge is 0.252 e. The van der Waals surface area contributed by atoms with Crippen molar-refractivity contribution in [2.45, 2.75) is 24.3 Å². The maximum atomic E-state index is 13.2. The fourth-order valence-corrected chi connectivity index (χ4v) is 7.50. The average molecular weight is 437 g/mol. The van der Waals surface area contributed by atoms with E-state index in [9.17, 15) is 22.0 Å². The normalized spacial score (nSPS) is 24.1. The van der Waals surface area contributed by atoms with Gasteiger partial charge < -0.3 is 4.90 Å². The van der Waals surface area contributed by atoms with Gasteiger partial charge in [-0.15, -0.1) is 0 Å². The molecule has 2 saturated heterocycles. The molecule has 9 heteroatoms. The summed E-state index contributed by atoms with van der Waals surface area (Å²) in [5, 5.41) is 0.296. The number of carbonyl (C=O) groups excluding carboxylic acids is 1. The average Bonchev–Trinajstić information content (AvgIpc) is 3.11. The Morgan fingerprint density at radius 3 is 2.21 bits per heavy atom. The highest BCUT2D eigenvalue weighted by Crippen LogP contribution is 2.39. The van der Waals surface area contributed by atoms with Crippen molar-refractivity contribution in [2.24, 2.45) is 4.99 Å². The molecule has 152 valence electrons. The quantitative estimate of drug-likeness (QED) is 0.738. The molecule has 1 amide bonds. The van der Waals surface area contributed by atoms with Crippen LogP contribution in [0.25, 0.3) is 0 Å². The number of nitrogens with zero attached hydrogens (tertiary/aromatic N) is 2. The van der Waals surface area contributed by atoms with Gasteiger partial charge in [0, 0.05) is 11.8 Å². The molecule has 2 aliphatic rings. The van der Waals surface area contributed by atoms with Crippen molar-refractivity contribution in [3.05, 3.63) is 71.3 Å². The van der Waals surface area contributed by atoms with Gasteiger partial charge >= 0.3 is 0 Å². The minimum atomic E-state index is -3.14. The molecule has 0 N–H and O–H groups in total. The topological polar surface area (TPSA) is 66.8 Å². The van der Waals surface area contributed by atoms with Crippen LogP contribution in [0.2, 0.25) is 0 Å². The lowest BCUT2D eigenvalue weighted by atomic mass is 10.1. The third-order valence-corrected chi connectivity index (χ3v) is 8.18. The molecule has 2 atom stereocenters. The number of rotatable bonds is 4. The van der Waals surface area contributed by atoms with Crippen LogP contribution in [-0.4, -0.2) is 47.2 Å². The van der Waals surface area contributed by atoms with Gasteiger partial charge in [0.1, 0.15) is 11.6 Å². The molecule has 0 unspecified atom stereocenters. The van der Waals surface area contributed by atoms with Crippen molar-refractivity contribution in [2.75, 3.05) is 11.5 Å². The van der Waals surface area contributed by atoms with E-state index in [4.69, 9.17) is 0 Å². The van der Waals surface area contributed by atoms with Gasteiger partial charge in [-0.1, -0.05) is 36.0 Å². The summed E-state index contributed by atoms with van der Waals surface area (Å²) in [6.45, 7) is 0.340. The number of aliphatic imine (C=N–C) groups is 1. The summed E-state index contributed by atoms with van der Waals surface area (Å²) in [5.74, 6) is -1.05. The van der Waals surface area contributed by atoms with Crippen molar-refractivity contribution < 1.29 is 22.0 Å². The molecule has 0 radical (unpaired) electrons. The first-order valence-electron chi connectivity index (χ1n) is 9.03. The molecule has 0 bridgehead atoms. The van der Waals surface area contributed by atoms with E-state index in [1.54, 1.807) is 12.1 Å². The van der Waals surface area contributed by atoms with Crippen molar-refractivity contribution >= 4 is 32.7 Å². The van der Waals surface area contributed by atoms with Gasteiger partial charge in [-0.3, -0.25) is 4.79 Å². The van der Waals surface area contributed by atoms with Gasteiger partial charge in [-0.25, -0.2) is 17.2 Å². The van der Waals surface area contributed by atoms with Crippen LogP contribution in [0.5, 0.6) is 0 Å². The number of fused-ring (bicyclic) bond motifs is 1. The fourth-order valence-electron chi connectivity index (χ4n) is 3.53. The number of hydrogen-bond acceptors (Lipinski definition) is 4. The molecule has 0 spiro atoms. The van der Waals surface area contributed by atoms with Crippen LogP contribution in [-0.2, 0) is 27.6 Å². The fraction of sp³-hybridized carbons (Fsp3) is 0.300. The molecule has 5 nitrogen and oxygen atoms in total. The molecule has 0 aliphatic carbocycles. The van der Waals surface area contributed by atoms with Crippen LogP contribution >= 0.6 is 11.8 Å². The number of amidine groups is 1. The van der Waals surface area contributed by atoms with E-state index in [1.807, 2.05) is 4.90 Å². The molecule has 2 aliphatic heterocycles. The van der Waals surface area contributed by atoms with E-state index >= 15 is 0 Å². The molecule has 0 saturated carbocycles. The Hall–Kier alpha value is -2.26. The number of halogens is 2. The summed E-state index contributed by atoms with van der Waals surface area (Å²) in [4.78, 5) is 18.5. The van der Waals surface area contributed by atoms with Crippen LogP contribution in [0.4, 0.5) is 8.78 Å². The Balaban J connectivity index is 1.56. The monoisotopic (exact) mass is 436 g/mol. The van der Waals surface area contributed by atoms with Crippen LogP contribution < -0.4 is 0 Å². The van der Waals surface area contributed by atoms with E-state index in [0.29, 0.717) is 17.3 Å². The first kappa shape index (κ1) is 20.0. The molecule has 2 aromatic rings. The molecular weight excluding hydrogens is 418 g/mol. The van der Waals surface area contributed by atoms with Crippen molar-refractivity contribution in [1.82, 2.24) is 4.90 Å². The number of amides is 1. The van der Waals surface area contributed by atoms with Crippen LogP contribution in [0, 0.1) is 11.6 Å². The first-order chi connectivity index (χ1) is 13.8. The molecule has 0 aromatic heterocycles. The third kappa shape index (κ3) is 4.67. The number of carbonyl (C=O) groups is 1. The highest BCUT2D eigenvalue weighted by atomic mass is 32.2. The summed E-state index contributed by atoms with van der Waals surface area (Å²) in [6.07, 6.45) is 0.0301. The zero-order valence-electron chi connectivity index (χ0n) is 15.3. The van der Waals surface area contributed by atoms with E-state index in [2.05, 4.69) is 4.99 Å². The lowest BCUT2D eigenvalue weighted by Crippen LogP contribution is -2.37. The Morgan fingerprint density at radius 2 is 1.59 bits per heavy atom. The van der Waals surface area contributed by atoms with E-state index in [1.165, 1.54) is 48.2 Å². The number of thioether (sulfide) groups is 1. The van der Waals surface area contributed by atoms with Gasteiger partial charge in [0.2, 0.25) is 0 Å². The van der Waals surface area contributed by atoms with E-state index in [0.717, 1.165) is 5.56 Å².